The predicted molar refractivity (Wildman–Crippen MR) is 149 cm³/mol. The highest BCUT2D eigenvalue weighted by Gasteiger charge is 2.27. The van der Waals surface area contributed by atoms with Crippen molar-refractivity contribution in [1.29, 1.82) is 0 Å². The Hall–Kier alpha value is -4.14. The summed E-state index contributed by atoms with van der Waals surface area (Å²) < 4.78 is 11.3. The number of anilines is 2. The van der Waals surface area contributed by atoms with Crippen molar-refractivity contribution >= 4 is 46.3 Å². The van der Waals surface area contributed by atoms with Crippen LogP contribution in [-0.2, 0) is 4.74 Å². The van der Waals surface area contributed by atoms with Crippen molar-refractivity contribution in [3.05, 3.63) is 101 Å². The molecule has 4 aromatic rings. The average Bonchev–Trinajstić information content (AvgIpc) is 3.36. The van der Waals surface area contributed by atoms with Crippen molar-refractivity contribution in [1.82, 2.24) is 9.88 Å². The summed E-state index contributed by atoms with van der Waals surface area (Å²) in [5.74, 6) is 0.539. The Morgan fingerprint density at radius 3 is 2.50 bits per heavy atom. The quantitative estimate of drug-likeness (QED) is 0.356. The van der Waals surface area contributed by atoms with E-state index >= 15 is 0 Å². The number of aromatic nitrogens is 1. The lowest BCUT2D eigenvalue weighted by Gasteiger charge is -2.32. The van der Waals surface area contributed by atoms with Crippen molar-refractivity contribution in [3.63, 3.8) is 0 Å². The third-order valence-corrected chi connectivity index (χ3v) is 6.98. The number of rotatable bonds is 4. The molecule has 38 heavy (non-hydrogen) atoms. The van der Waals surface area contributed by atoms with Crippen LogP contribution in [0.3, 0.4) is 0 Å². The average molecular weight is 528 g/mol. The number of nitrogens with zero attached hydrogens (tertiary/aromatic N) is 4. The molecule has 0 bridgehead atoms. The van der Waals surface area contributed by atoms with E-state index in [1.54, 1.807) is 0 Å². The lowest BCUT2D eigenvalue weighted by molar-refractivity contribution is 0.0303. The number of allylic oxidation sites excluding steroid dienone is 1. The number of oxazole rings is 1. The topological polar surface area (TPSA) is 83.2 Å². The van der Waals surface area contributed by atoms with Gasteiger partial charge in [-0.1, -0.05) is 41.9 Å². The van der Waals surface area contributed by atoms with Crippen LogP contribution >= 0.6 is 11.6 Å². The van der Waals surface area contributed by atoms with Crippen molar-refractivity contribution in [3.8, 4) is 0 Å². The minimum Gasteiger partial charge on any atom is -0.423 e. The highest BCUT2D eigenvalue weighted by atomic mass is 35.5. The number of hydrogen-bond donors (Lipinski definition) is 1. The molecule has 192 valence electrons. The maximum absolute atomic E-state index is 13.0. The third kappa shape index (κ3) is 4.76. The molecule has 3 aromatic carbocycles. The van der Waals surface area contributed by atoms with Gasteiger partial charge in [-0.05, 0) is 61.0 Å². The van der Waals surface area contributed by atoms with Gasteiger partial charge in [-0.3, -0.25) is 15.0 Å². The molecule has 3 heterocycles. The number of hydrogen-bond acceptors (Lipinski definition) is 7. The highest BCUT2D eigenvalue weighted by molar-refractivity contribution is 6.31. The lowest BCUT2D eigenvalue weighted by atomic mass is 10.0. The molecule has 2 aliphatic rings. The molecule has 1 unspecified atom stereocenters. The SMILES string of the molecule is CC1=CC(c2ccccc2Cl)N=C(Nc2nc3ccccc3o2)N1c1ccc(C(=O)N2CCOCC2)cc1. The van der Waals surface area contributed by atoms with Gasteiger partial charge < -0.3 is 14.1 Å². The van der Waals surface area contributed by atoms with E-state index in [1.165, 1.54) is 0 Å². The van der Waals surface area contributed by atoms with Crippen LogP contribution in [0.4, 0.5) is 11.7 Å². The van der Waals surface area contributed by atoms with Crippen molar-refractivity contribution in [2.24, 2.45) is 4.99 Å². The maximum Gasteiger partial charge on any atom is 0.302 e. The van der Waals surface area contributed by atoms with E-state index in [2.05, 4.69) is 16.4 Å². The summed E-state index contributed by atoms with van der Waals surface area (Å²) in [6.07, 6.45) is 2.06. The summed E-state index contributed by atoms with van der Waals surface area (Å²) in [5.41, 5.74) is 4.75. The van der Waals surface area contributed by atoms with Crippen LogP contribution in [-0.4, -0.2) is 48.1 Å². The molecule has 1 atom stereocenters. The fourth-order valence-corrected chi connectivity index (χ4v) is 4.96. The minimum absolute atomic E-state index is 0.00281. The molecule has 8 nitrogen and oxygen atoms in total. The van der Waals surface area contributed by atoms with Gasteiger partial charge >= 0.3 is 6.01 Å². The zero-order chi connectivity index (χ0) is 26.1. The van der Waals surface area contributed by atoms with Gasteiger partial charge in [0, 0.05) is 35.1 Å². The fraction of sp³-hybridized carbons (Fsp3) is 0.207. The summed E-state index contributed by atoms with van der Waals surface area (Å²) in [6.45, 7) is 4.34. The number of benzene rings is 3. The van der Waals surface area contributed by atoms with Crippen LogP contribution in [0.15, 0.2) is 94.0 Å². The summed E-state index contributed by atoms with van der Waals surface area (Å²) in [7, 11) is 0. The Balaban J connectivity index is 1.34. The molecule has 1 amide bonds. The molecule has 1 N–H and O–H groups in total. The van der Waals surface area contributed by atoms with Gasteiger partial charge in [0.25, 0.3) is 5.91 Å². The first kappa shape index (κ1) is 24.2. The summed E-state index contributed by atoms with van der Waals surface area (Å²) >= 11 is 6.52. The molecular formula is C29H26ClN5O3. The number of ether oxygens (including phenoxy) is 1. The molecule has 0 aliphatic carbocycles. The number of para-hydroxylation sites is 2. The van der Waals surface area contributed by atoms with Crippen LogP contribution in [0.25, 0.3) is 11.1 Å². The molecule has 0 saturated carbocycles. The third-order valence-electron chi connectivity index (χ3n) is 6.63. The second-order valence-corrected chi connectivity index (χ2v) is 9.53. The monoisotopic (exact) mass is 527 g/mol. The smallest absolute Gasteiger partial charge is 0.302 e. The van der Waals surface area contributed by atoms with E-state index in [0.29, 0.717) is 54.4 Å². The number of carbonyl (C=O) groups excluding carboxylic acids is 1. The lowest BCUT2D eigenvalue weighted by Crippen LogP contribution is -2.40. The number of morpholine rings is 1. The Bertz CT molecular complexity index is 1510. The first-order chi connectivity index (χ1) is 18.6. The van der Waals surface area contributed by atoms with E-state index < -0.39 is 0 Å². The van der Waals surface area contributed by atoms with Gasteiger partial charge in [0.1, 0.15) is 11.6 Å². The number of nitrogens with one attached hydrogen (secondary N) is 1. The predicted octanol–water partition coefficient (Wildman–Crippen LogP) is 5.89. The van der Waals surface area contributed by atoms with Crippen molar-refractivity contribution in [2.75, 3.05) is 36.5 Å². The Morgan fingerprint density at radius 2 is 1.74 bits per heavy atom. The largest absolute Gasteiger partial charge is 0.423 e. The van der Waals surface area contributed by atoms with Crippen molar-refractivity contribution < 1.29 is 13.9 Å². The van der Waals surface area contributed by atoms with Gasteiger partial charge in [-0.15, -0.1) is 0 Å². The number of aliphatic imine (C=N–C) groups is 1. The Morgan fingerprint density at radius 1 is 1.00 bits per heavy atom. The molecule has 1 fully saturated rings. The molecular weight excluding hydrogens is 502 g/mol. The zero-order valence-electron chi connectivity index (χ0n) is 20.8. The minimum atomic E-state index is -0.297. The Kier molecular flexibility index (Phi) is 6.57. The van der Waals surface area contributed by atoms with E-state index in [4.69, 9.17) is 25.7 Å². The van der Waals surface area contributed by atoms with Gasteiger partial charge in [-0.2, -0.15) is 4.98 Å². The Labute approximate surface area is 225 Å². The van der Waals surface area contributed by atoms with Gasteiger partial charge in [0.15, 0.2) is 5.58 Å². The molecule has 1 saturated heterocycles. The summed E-state index contributed by atoms with van der Waals surface area (Å²) in [4.78, 5) is 26.3. The van der Waals surface area contributed by atoms with Crippen molar-refractivity contribution in [2.45, 2.75) is 13.0 Å². The number of amides is 1. The van der Waals surface area contributed by atoms with Gasteiger partial charge in [-0.25, -0.2) is 4.99 Å². The molecule has 9 heteroatoms. The first-order valence-electron chi connectivity index (χ1n) is 12.5. The molecule has 0 spiro atoms. The summed E-state index contributed by atoms with van der Waals surface area (Å²) in [5, 5.41) is 3.93. The van der Waals surface area contributed by atoms with Gasteiger partial charge in [0.2, 0.25) is 5.96 Å². The van der Waals surface area contributed by atoms with Crippen LogP contribution in [0.1, 0.15) is 28.9 Å². The van der Waals surface area contributed by atoms with Crippen LogP contribution in [0.5, 0.6) is 0 Å². The van der Waals surface area contributed by atoms with Crippen LogP contribution in [0, 0.1) is 0 Å². The van der Waals surface area contributed by atoms with Crippen LogP contribution in [0.2, 0.25) is 5.02 Å². The second kappa shape index (κ2) is 10.3. The normalized spacial score (nSPS) is 17.8. The molecule has 6 rings (SSSR count). The zero-order valence-corrected chi connectivity index (χ0v) is 21.6. The standard InChI is InChI=1S/C29H26ClN5O3/c1-19-18-25(22-6-2-3-7-23(22)30)31-28(33-29-32-24-8-4-5-9-26(24)38-29)35(19)21-12-10-20(11-13-21)27(36)34-14-16-37-17-15-34/h2-13,18,25H,14-17H2,1H3,(H,31,32,33). The number of halogens is 1. The van der Waals surface area contributed by atoms with Crippen LogP contribution < -0.4 is 10.2 Å². The first-order valence-corrected chi connectivity index (χ1v) is 12.8. The van der Waals surface area contributed by atoms with E-state index in [9.17, 15) is 4.79 Å². The van der Waals surface area contributed by atoms with E-state index in [1.807, 2.05) is 89.5 Å². The maximum atomic E-state index is 13.0. The highest BCUT2D eigenvalue weighted by Crippen LogP contribution is 2.34. The number of carbonyl (C=O) groups is 1. The second-order valence-electron chi connectivity index (χ2n) is 9.13. The fourth-order valence-electron chi connectivity index (χ4n) is 4.71. The summed E-state index contributed by atoms with van der Waals surface area (Å²) in [6, 6.07) is 22.8. The number of fused-ring (bicyclic) bond motifs is 1. The molecule has 2 aliphatic heterocycles. The molecule has 1 aromatic heterocycles. The van der Waals surface area contributed by atoms with E-state index in [0.717, 1.165) is 22.5 Å². The van der Waals surface area contributed by atoms with E-state index in [-0.39, 0.29) is 11.9 Å². The molecule has 0 radical (unpaired) electrons. The number of guanidine groups is 1. The van der Waals surface area contributed by atoms with Gasteiger partial charge in [0.05, 0.1) is 13.2 Å².